The van der Waals surface area contributed by atoms with Crippen LogP contribution in [0.1, 0.15) is 44.9 Å². The first-order chi connectivity index (χ1) is 8.29. The fraction of sp³-hybridized carbons (Fsp3) is 0.929. The zero-order chi connectivity index (χ0) is 11.8. The van der Waals surface area contributed by atoms with E-state index < -0.39 is 0 Å². The first-order valence-electron chi connectivity index (χ1n) is 7.16. The monoisotopic (exact) mass is 299 g/mol. The summed E-state index contributed by atoms with van der Waals surface area (Å²) in [5.74, 6) is 2.68. The van der Waals surface area contributed by atoms with Gasteiger partial charge in [0.2, 0.25) is 5.91 Å². The van der Waals surface area contributed by atoms with E-state index >= 15 is 0 Å². The van der Waals surface area contributed by atoms with E-state index in [2.05, 4.69) is 20.8 Å². The highest BCUT2D eigenvalue weighted by Crippen LogP contribution is 2.54. The third-order valence-electron chi connectivity index (χ3n) is 4.97. The maximum Gasteiger partial charge on any atom is 0.225 e. The summed E-state index contributed by atoms with van der Waals surface area (Å²) in [6, 6.07) is 0.553. The standard InChI is InChI=1S/C14H22BrNO/c15-5-6-16(13-3-1-2-4-13)14(17)12-8-10-7-11(10)9-12/h10-13H,1-9H2. The van der Waals surface area contributed by atoms with E-state index in [-0.39, 0.29) is 0 Å². The van der Waals surface area contributed by atoms with Crippen LogP contribution in [0.25, 0.3) is 0 Å². The lowest BCUT2D eigenvalue weighted by Crippen LogP contribution is -2.43. The highest BCUT2D eigenvalue weighted by Gasteiger charge is 2.49. The Bertz CT molecular complexity index is 291. The predicted octanol–water partition coefficient (Wildman–Crippen LogP) is 3.20. The van der Waals surface area contributed by atoms with E-state index in [9.17, 15) is 4.79 Å². The van der Waals surface area contributed by atoms with Crippen molar-refractivity contribution in [3.05, 3.63) is 0 Å². The van der Waals surface area contributed by atoms with Crippen molar-refractivity contribution in [3.63, 3.8) is 0 Å². The fourth-order valence-corrected chi connectivity index (χ4v) is 4.31. The van der Waals surface area contributed by atoms with Crippen LogP contribution in [0.5, 0.6) is 0 Å². The molecule has 2 atom stereocenters. The number of nitrogens with zero attached hydrogens (tertiary/aromatic N) is 1. The number of alkyl halides is 1. The number of rotatable bonds is 4. The molecule has 0 N–H and O–H groups in total. The molecule has 0 radical (unpaired) electrons. The van der Waals surface area contributed by atoms with Gasteiger partial charge in [-0.15, -0.1) is 0 Å². The third kappa shape index (κ3) is 2.40. The van der Waals surface area contributed by atoms with Gasteiger partial charge in [0.1, 0.15) is 0 Å². The Labute approximate surface area is 112 Å². The lowest BCUT2D eigenvalue weighted by atomic mass is 10.0. The van der Waals surface area contributed by atoms with Gasteiger partial charge >= 0.3 is 0 Å². The van der Waals surface area contributed by atoms with Crippen molar-refractivity contribution >= 4 is 21.8 Å². The lowest BCUT2D eigenvalue weighted by Gasteiger charge is -2.31. The van der Waals surface area contributed by atoms with Crippen molar-refractivity contribution in [3.8, 4) is 0 Å². The third-order valence-corrected chi connectivity index (χ3v) is 5.32. The molecule has 0 aromatic heterocycles. The second-order valence-electron chi connectivity index (χ2n) is 6.08. The molecule has 0 aromatic carbocycles. The molecule has 0 saturated heterocycles. The van der Waals surface area contributed by atoms with Crippen LogP contribution in [0.4, 0.5) is 0 Å². The number of hydrogen-bond acceptors (Lipinski definition) is 1. The molecule has 0 bridgehead atoms. The van der Waals surface area contributed by atoms with E-state index in [1.807, 2.05) is 0 Å². The van der Waals surface area contributed by atoms with E-state index in [0.29, 0.717) is 17.9 Å². The fourth-order valence-electron chi connectivity index (χ4n) is 3.93. The van der Waals surface area contributed by atoms with Crippen molar-refractivity contribution in [2.45, 2.75) is 51.0 Å². The van der Waals surface area contributed by atoms with E-state index in [1.54, 1.807) is 0 Å². The molecule has 0 heterocycles. The quantitative estimate of drug-likeness (QED) is 0.730. The Morgan fingerprint density at radius 2 is 1.76 bits per heavy atom. The van der Waals surface area contributed by atoms with Gasteiger partial charge in [0, 0.05) is 23.8 Å². The minimum Gasteiger partial charge on any atom is -0.339 e. The van der Waals surface area contributed by atoms with Crippen LogP contribution in [0.15, 0.2) is 0 Å². The zero-order valence-electron chi connectivity index (χ0n) is 10.4. The number of carbonyl (C=O) groups is 1. The smallest absolute Gasteiger partial charge is 0.225 e. The van der Waals surface area contributed by atoms with E-state index in [0.717, 1.165) is 23.7 Å². The maximum absolute atomic E-state index is 12.6. The number of amides is 1. The Morgan fingerprint density at radius 1 is 1.12 bits per heavy atom. The summed E-state index contributed by atoms with van der Waals surface area (Å²) in [6.07, 6.45) is 8.88. The van der Waals surface area contributed by atoms with Gasteiger partial charge in [0.05, 0.1) is 0 Å². The summed E-state index contributed by atoms with van der Waals surface area (Å²) in [4.78, 5) is 14.8. The topological polar surface area (TPSA) is 20.3 Å². The summed E-state index contributed by atoms with van der Waals surface area (Å²) in [5.41, 5.74) is 0. The Morgan fingerprint density at radius 3 is 2.35 bits per heavy atom. The van der Waals surface area contributed by atoms with Gasteiger partial charge < -0.3 is 4.90 Å². The van der Waals surface area contributed by atoms with E-state index in [1.165, 1.54) is 44.9 Å². The van der Waals surface area contributed by atoms with Crippen LogP contribution in [0.2, 0.25) is 0 Å². The van der Waals surface area contributed by atoms with Crippen molar-refractivity contribution in [1.82, 2.24) is 4.90 Å². The van der Waals surface area contributed by atoms with E-state index in [4.69, 9.17) is 0 Å². The molecule has 3 fully saturated rings. The zero-order valence-corrected chi connectivity index (χ0v) is 12.0. The maximum atomic E-state index is 12.6. The molecule has 0 spiro atoms. The summed E-state index contributed by atoms with van der Waals surface area (Å²) in [5, 5.41) is 0.925. The largest absolute Gasteiger partial charge is 0.339 e. The first-order valence-corrected chi connectivity index (χ1v) is 8.28. The van der Waals surface area contributed by atoms with Crippen molar-refractivity contribution in [2.75, 3.05) is 11.9 Å². The van der Waals surface area contributed by atoms with Gasteiger partial charge in [-0.1, -0.05) is 28.8 Å². The molecular weight excluding hydrogens is 278 g/mol. The lowest BCUT2D eigenvalue weighted by molar-refractivity contribution is -0.137. The van der Waals surface area contributed by atoms with Crippen LogP contribution < -0.4 is 0 Å². The molecule has 3 aliphatic rings. The van der Waals surface area contributed by atoms with Gasteiger partial charge in [-0.25, -0.2) is 0 Å². The molecule has 2 nitrogen and oxygen atoms in total. The molecule has 3 rings (SSSR count). The number of fused-ring (bicyclic) bond motifs is 1. The second-order valence-corrected chi connectivity index (χ2v) is 6.88. The van der Waals surface area contributed by atoms with Crippen molar-refractivity contribution < 1.29 is 4.79 Å². The number of halogens is 1. The van der Waals surface area contributed by atoms with Crippen LogP contribution in [-0.2, 0) is 4.79 Å². The minimum absolute atomic E-state index is 0.374. The van der Waals surface area contributed by atoms with Crippen LogP contribution in [0.3, 0.4) is 0 Å². The molecule has 3 heteroatoms. The summed E-state index contributed by atoms with van der Waals surface area (Å²) in [6.45, 7) is 0.912. The van der Waals surface area contributed by atoms with Crippen molar-refractivity contribution in [1.29, 1.82) is 0 Å². The molecular formula is C14H22BrNO. The minimum atomic E-state index is 0.374. The Hall–Kier alpha value is -0.0500. The number of hydrogen-bond donors (Lipinski definition) is 0. The highest BCUT2D eigenvalue weighted by molar-refractivity contribution is 9.09. The van der Waals surface area contributed by atoms with Crippen LogP contribution in [-0.4, -0.2) is 28.7 Å². The molecule has 1 amide bonds. The summed E-state index contributed by atoms with van der Waals surface area (Å²) < 4.78 is 0. The second kappa shape index (κ2) is 4.91. The van der Waals surface area contributed by atoms with Crippen molar-refractivity contribution in [2.24, 2.45) is 17.8 Å². The molecule has 96 valence electrons. The molecule has 3 saturated carbocycles. The Balaban J connectivity index is 1.62. The normalized spacial score (nSPS) is 35.9. The predicted molar refractivity (Wildman–Crippen MR) is 72.1 cm³/mol. The van der Waals surface area contributed by atoms with Gasteiger partial charge in [-0.2, -0.15) is 0 Å². The summed E-state index contributed by atoms with van der Waals surface area (Å²) in [7, 11) is 0. The molecule has 2 unspecified atom stereocenters. The molecule has 0 aromatic rings. The number of carbonyl (C=O) groups excluding carboxylic acids is 1. The summed E-state index contributed by atoms with van der Waals surface area (Å²) >= 11 is 3.50. The molecule has 3 aliphatic carbocycles. The van der Waals surface area contributed by atoms with Crippen LogP contribution in [0, 0.1) is 17.8 Å². The van der Waals surface area contributed by atoms with Crippen LogP contribution >= 0.6 is 15.9 Å². The molecule has 17 heavy (non-hydrogen) atoms. The average molecular weight is 300 g/mol. The Kier molecular flexibility index (Phi) is 3.47. The van der Waals surface area contributed by atoms with Gasteiger partial charge in [0.15, 0.2) is 0 Å². The van der Waals surface area contributed by atoms with Gasteiger partial charge in [-0.3, -0.25) is 4.79 Å². The average Bonchev–Trinajstić information content (AvgIpc) is 2.81. The SMILES string of the molecule is O=C(C1CC2CC2C1)N(CCBr)C1CCCC1. The first kappa shape index (κ1) is 12.0. The highest BCUT2D eigenvalue weighted by atomic mass is 79.9. The van der Waals surface area contributed by atoms with Gasteiger partial charge in [0.25, 0.3) is 0 Å². The molecule has 0 aliphatic heterocycles. The van der Waals surface area contributed by atoms with Gasteiger partial charge in [-0.05, 0) is 43.9 Å².